The normalized spacial score (nSPS) is 20.7. The lowest BCUT2D eigenvalue weighted by Crippen LogP contribution is -2.06. The summed E-state index contributed by atoms with van der Waals surface area (Å²) in [5.41, 5.74) is 1.50. The van der Waals surface area contributed by atoms with Gasteiger partial charge in [-0.2, -0.15) is 11.8 Å². The molecule has 1 fully saturated rings. The zero-order chi connectivity index (χ0) is 13.2. The highest BCUT2D eigenvalue weighted by atomic mass is 32.2. The highest BCUT2D eigenvalue weighted by Gasteiger charge is 2.11. The number of benzene rings is 1. The Bertz CT molecular complexity index is 312. The van der Waals surface area contributed by atoms with Crippen LogP contribution in [0.4, 0.5) is 0 Å². The molecule has 106 valence electrons. The molecular weight excluding hydrogens is 248 g/mol. The van der Waals surface area contributed by atoms with E-state index in [0.29, 0.717) is 0 Å². The lowest BCUT2D eigenvalue weighted by molar-refractivity contribution is 0.558. The van der Waals surface area contributed by atoms with E-state index < -0.39 is 0 Å². The van der Waals surface area contributed by atoms with Gasteiger partial charge < -0.3 is 0 Å². The summed E-state index contributed by atoms with van der Waals surface area (Å²) >= 11 is 2.25. The molecule has 0 aromatic heterocycles. The molecule has 0 nitrogen and oxygen atoms in total. The van der Waals surface area contributed by atoms with E-state index in [1.165, 1.54) is 75.5 Å². The third-order valence-corrected chi connectivity index (χ3v) is 5.58. The van der Waals surface area contributed by atoms with Gasteiger partial charge >= 0.3 is 0 Å². The zero-order valence-corrected chi connectivity index (χ0v) is 13.0. The topological polar surface area (TPSA) is 0 Å². The maximum Gasteiger partial charge on any atom is 0.00470 e. The van der Waals surface area contributed by atoms with Gasteiger partial charge in [0, 0.05) is 5.25 Å². The van der Waals surface area contributed by atoms with Crippen LogP contribution in [0.15, 0.2) is 30.3 Å². The van der Waals surface area contributed by atoms with Crippen LogP contribution in [0, 0.1) is 0 Å². The van der Waals surface area contributed by atoms with Gasteiger partial charge in [0.2, 0.25) is 0 Å². The largest absolute Gasteiger partial charge is 0.159 e. The SMILES string of the molecule is c1ccc(CCCCCC2CCCCCCS2)cc1. The molecule has 1 aromatic carbocycles. The van der Waals surface area contributed by atoms with Crippen molar-refractivity contribution in [1.29, 1.82) is 0 Å². The Labute approximate surface area is 123 Å². The van der Waals surface area contributed by atoms with Gasteiger partial charge in [0.25, 0.3) is 0 Å². The number of hydrogen-bond acceptors (Lipinski definition) is 1. The quantitative estimate of drug-likeness (QED) is 0.587. The standard InChI is InChI=1S/C18H28S/c1-2-10-16-19-18(14-8-1)15-9-4-7-13-17-11-5-3-6-12-17/h3,5-6,11-12,18H,1-2,4,7-10,13-16H2. The molecule has 1 heteroatoms. The van der Waals surface area contributed by atoms with Gasteiger partial charge in [0.1, 0.15) is 0 Å². The van der Waals surface area contributed by atoms with Gasteiger partial charge in [0.15, 0.2) is 0 Å². The van der Waals surface area contributed by atoms with E-state index in [4.69, 9.17) is 0 Å². The van der Waals surface area contributed by atoms with Crippen molar-refractivity contribution in [3.05, 3.63) is 35.9 Å². The van der Waals surface area contributed by atoms with Crippen molar-refractivity contribution in [2.24, 2.45) is 0 Å². The van der Waals surface area contributed by atoms with Crippen LogP contribution < -0.4 is 0 Å². The fourth-order valence-electron chi connectivity index (χ4n) is 2.91. The van der Waals surface area contributed by atoms with E-state index in [1.54, 1.807) is 0 Å². The maximum atomic E-state index is 2.25. The molecule has 1 saturated heterocycles. The molecule has 19 heavy (non-hydrogen) atoms. The van der Waals surface area contributed by atoms with Gasteiger partial charge in [-0.3, -0.25) is 0 Å². The van der Waals surface area contributed by atoms with Crippen molar-refractivity contribution in [1.82, 2.24) is 0 Å². The van der Waals surface area contributed by atoms with Crippen LogP contribution in [0.5, 0.6) is 0 Å². The summed E-state index contributed by atoms with van der Waals surface area (Å²) in [7, 11) is 0. The Hall–Kier alpha value is -0.430. The van der Waals surface area contributed by atoms with Crippen molar-refractivity contribution >= 4 is 11.8 Å². The Kier molecular flexibility index (Phi) is 7.46. The van der Waals surface area contributed by atoms with E-state index in [2.05, 4.69) is 42.1 Å². The van der Waals surface area contributed by atoms with E-state index in [9.17, 15) is 0 Å². The van der Waals surface area contributed by atoms with Gasteiger partial charge in [-0.1, -0.05) is 62.4 Å². The first-order chi connectivity index (χ1) is 9.45. The third-order valence-electron chi connectivity index (χ3n) is 4.11. The molecule has 1 aromatic rings. The molecule has 1 unspecified atom stereocenters. The summed E-state index contributed by atoms with van der Waals surface area (Å²) < 4.78 is 0. The predicted molar refractivity (Wildman–Crippen MR) is 87.9 cm³/mol. The minimum atomic E-state index is 0.969. The molecular formula is C18H28S. The van der Waals surface area contributed by atoms with Crippen LogP contribution >= 0.6 is 11.8 Å². The second-order valence-electron chi connectivity index (χ2n) is 5.78. The number of hydrogen-bond donors (Lipinski definition) is 0. The van der Waals surface area contributed by atoms with Crippen LogP contribution in [0.3, 0.4) is 0 Å². The maximum absolute atomic E-state index is 2.25. The fourth-order valence-corrected chi connectivity index (χ4v) is 4.28. The van der Waals surface area contributed by atoms with Crippen LogP contribution in [-0.2, 0) is 6.42 Å². The third kappa shape index (κ3) is 6.51. The highest BCUT2D eigenvalue weighted by molar-refractivity contribution is 7.99. The molecule has 1 atom stereocenters. The molecule has 1 aliphatic heterocycles. The number of unbranched alkanes of at least 4 members (excludes halogenated alkanes) is 2. The van der Waals surface area contributed by atoms with Crippen LogP contribution in [0.1, 0.15) is 63.4 Å². The van der Waals surface area contributed by atoms with Gasteiger partial charge in [-0.25, -0.2) is 0 Å². The predicted octanol–water partition coefficient (Wildman–Crippen LogP) is 5.86. The first-order valence-electron chi connectivity index (χ1n) is 8.11. The summed E-state index contributed by atoms with van der Waals surface area (Å²) in [5.74, 6) is 1.41. The number of thioether (sulfide) groups is 1. The Morgan fingerprint density at radius 2 is 1.74 bits per heavy atom. The Morgan fingerprint density at radius 1 is 0.895 bits per heavy atom. The van der Waals surface area contributed by atoms with Crippen LogP contribution in [0.2, 0.25) is 0 Å². The first kappa shape index (κ1) is 15.0. The van der Waals surface area contributed by atoms with E-state index in [1.807, 2.05) is 0 Å². The van der Waals surface area contributed by atoms with Gasteiger partial charge in [0.05, 0.1) is 0 Å². The molecule has 0 radical (unpaired) electrons. The lowest BCUT2D eigenvalue weighted by Gasteiger charge is -2.19. The van der Waals surface area contributed by atoms with E-state index in [-0.39, 0.29) is 0 Å². The average molecular weight is 276 g/mol. The van der Waals surface area contributed by atoms with Crippen molar-refractivity contribution in [2.75, 3.05) is 5.75 Å². The zero-order valence-electron chi connectivity index (χ0n) is 12.2. The summed E-state index contributed by atoms with van der Waals surface area (Å²) in [6, 6.07) is 10.9. The second-order valence-corrected chi connectivity index (χ2v) is 7.19. The number of aryl methyl sites for hydroxylation is 1. The second kappa shape index (κ2) is 9.47. The molecule has 0 amide bonds. The van der Waals surface area contributed by atoms with E-state index >= 15 is 0 Å². The van der Waals surface area contributed by atoms with Crippen molar-refractivity contribution in [3.63, 3.8) is 0 Å². The first-order valence-corrected chi connectivity index (χ1v) is 9.15. The average Bonchev–Trinajstić information content (AvgIpc) is 2.41. The van der Waals surface area contributed by atoms with Crippen LogP contribution in [0.25, 0.3) is 0 Å². The van der Waals surface area contributed by atoms with Gasteiger partial charge in [-0.15, -0.1) is 0 Å². The molecule has 2 rings (SSSR count). The number of rotatable bonds is 6. The molecule has 0 aliphatic carbocycles. The van der Waals surface area contributed by atoms with Crippen molar-refractivity contribution in [3.8, 4) is 0 Å². The summed E-state index contributed by atoms with van der Waals surface area (Å²) in [5, 5.41) is 0.969. The van der Waals surface area contributed by atoms with Crippen molar-refractivity contribution in [2.45, 2.75) is 69.5 Å². The summed E-state index contributed by atoms with van der Waals surface area (Å²) in [4.78, 5) is 0. The van der Waals surface area contributed by atoms with Crippen molar-refractivity contribution < 1.29 is 0 Å². The van der Waals surface area contributed by atoms with Crippen LogP contribution in [-0.4, -0.2) is 11.0 Å². The molecule has 0 bridgehead atoms. The summed E-state index contributed by atoms with van der Waals surface area (Å²) in [6.45, 7) is 0. The monoisotopic (exact) mass is 276 g/mol. The summed E-state index contributed by atoms with van der Waals surface area (Å²) in [6.07, 6.45) is 14.3. The molecule has 0 spiro atoms. The minimum Gasteiger partial charge on any atom is -0.159 e. The Morgan fingerprint density at radius 3 is 2.63 bits per heavy atom. The molecule has 1 aliphatic rings. The highest BCUT2D eigenvalue weighted by Crippen LogP contribution is 2.27. The fraction of sp³-hybridized carbons (Fsp3) is 0.667. The lowest BCUT2D eigenvalue weighted by atomic mass is 10.0. The van der Waals surface area contributed by atoms with Gasteiger partial charge in [-0.05, 0) is 43.4 Å². The molecule has 0 N–H and O–H groups in total. The van der Waals surface area contributed by atoms with E-state index in [0.717, 1.165) is 5.25 Å². The smallest absolute Gasteiger partial charge is 0.00470 e. The molecule has 1 heterocycles. The Balaban J connectivity index is 1.53. The minimum absolute atomic E-state index is 0.969. The molecule has 0 saturated carbocycles.